The summed E-state index contributed by atoms with van der Waals surface area (Å²) in [5, 5.41) is 11.8. The fraction of sp³-hybridized carbons (Fsp3) is 0.931. The van der Waals surface area contributed by atoms with Gasteiger partial charge in [0.15, 0.2) is 14.1 Å². The van der Waals surface area contributed by atoms with E-state index in [1.165, 1.54) is 38.5 Å². The number of fused-ring (bicyclic) bond motifs is 1. The Kier molecular flexibility index (Phi) is 5.79. The summed E-state index contributed by atoms with van der Waals surface area (Å²) in [6.45, 7) is 13.3. The Bertz CT molecular complexity index is 772. The lowest BCUT2D eigenvalue weighted by atomic mass is 9.48. The lowest BCUT2D eigenvalue weighted by molar-refractivity contribution is -0.157. The summed E-state index contributed by atoms with van der Waals surface area (Å²) in [5.74, 6) is 3.74. The van der Waals surface area contributed by atoms with Crippen LogP contribution in [0, 0.1) is 40.9 Å². The molecule has 0 amide bonds. The molecule has 0 unspecified atom stereocenters. The van der Waals surface area contributed by atoms with E-state index in [1.54, 1.807) is 0 Å². The average Bonchev–Trinajstić information content (AvgIpc) is 3.40. The maximum atomic E-state index is 11.6. The Balaban J connectivity index is 1.23. The third kappa shape index (κ3) is 4.00. The first kappa shape index (κ1) is 24.2. The predicted molar refractivity (Wildman–Crippen MR) is 137 cm³/mol. The van der Waals surface area contributed by atoms with Gasteiger partial charge in [0.25, 0.3) is 0 Å². The molecule has 0 aromatic heterocycles. The van der Waals surface area contributed by atoms with Gasteiger partial charge in [-0.3, -0.25) is 0 Å². The van der Waals surface area contributed by atoms with Crippen LogP contribution in [0.3, 0.4) is 0 Å². The van der Waals surface area contributed by atoms with Gasteiger partial charge in [-0.25, -0.2) is 0 Å². The molecule has 1 N–H and O–H groups in total. The van der Waals surface area contributed by atoms with Gasteiger partial charge >= 0.3 is 0 Å². The Hall–Kier alpha value is -0.203. The van der Waals surface area contributed by atoms with E-state index in [9.17, 15) is 5.11 Å². The van der Waals surface area contributed by atoms with Crippen molar-refractivity contribution in [2.45, 2.75) is 115 Å². The van der Waals surface area contributed by atoms with Crippen LogP contribution < -0.4 is 0 Å². The molecule has 0 radical (unpaired) electrons. The van der Waals surface area contributed by atoms with Gasteiger partial charge in [0.05, 0.1) is 25.4 Å². The molecule has 4 nitrogen and oxygen atoms in total. The summed E-state index contributed by atoms with van der Waals surface area (Å²) in [4.78, 5) is 0. The highest BCUT2D eigenvalue weighted by Gasteiger charge is 2.58. The molecule has 4 bridgehead atoms. The molecular weight excluding hydrogens is 440 g/mol. The van der Waals surface area contributed by atoms with Gasteiger partial charge in [-0.1, -0.05) is 32.9 Å². The fourth-order valence-corrected chi connectivity index (χ4v) is 10.6. The lowest BCUT2D eigenvalue weighted by Gasteiger charge is -2.58. The zero-order chi connectivity index (χ0) is 23.9. The topological polar surface area (TPSA) is 47.9 Å². The molecule has 7 rings (SSSR count). The molecule has 1 saturated heterocycles. The minimum Gasteiger partial charge on any atom is -0.413 e. The standard InChI is InChI=1S/C29H48O4Si/c1-27(2,3)34(4,5)33-25-13-22-17-29(31-8-9-32-29)18-24(22)23(25)6-7-26(30)28-14-19-10-20(15-28)12-21(11-19)16-28/h6-7,19-26,30H,8-18H2,1-5H3/t19?,20?,21?,22-,23+,24+,25+,26-,28?/m0/s1. The number of hydrogen-bond acceptors (Lipinski definition) is 4. The van der Waals surface area contributed by atoms with Crippen molar-refractivity contribution in [1.82, 2.24) is 0 Å². The third-order valence-electron chi connectivity index (χ3n) is 11.5. The van der Waals surface area contributed by atoms with Crippen molar-refractivity contribution < 1.29 is 19.0 Å². The van der Waals surface area contributed by atoms with Crippen molar-refractivity contribution in [3.8, 4) is 0 Å². The number of aliphatic hydroxyl groups is 1. The second-order valence-electron chi connectivity index (χ2n) is 14.8. The number of rotatable bonds is 5. The minimum atomic E-state index is -1.87. The van der Waals surface area contributed by atoms with Crippen molar-refractivity contribution in [3.05, 3.63) is 12.2 Å². The minimum absolute atomic E-state index is 0.146. The van der Waals surface area contributed by atoms with Gasteiger partial charge in [0, 0.05) is 24.2 Å². The van der Waals surface area contributed by atoms with Crippen LogP contribution in [-0.4, -0.2) is 44.6 Å². The normalized spacial score (nSPS) is 46.1. The van der Waals surface area contributed by atoms with Crippen LogP contribution in [0.25, 0.3) is 0 Å². The Morgan fingerprint density at radius 3 is 2.06 bits per heavy atom. The molecule has 7 aliphatic rings. The van der Waals surface area contributed by atoms with E-state index in [-0.39, 0.29) is 28.4 Å². The smallest absolute Gasteiger partial charge is 0.192 e. The van der Waals surface area contributed by atoms with E-state index in [0.29, 0.717) is 17.8 Å². The Morgan fingerprint density at radius 2 is 1.50 bits per heavy atom. The van der Waals surface area contributed by atoms with Gasteiger partial charge in [-0.15, -0.1) is 0 Å². The summed E-state index contributed by atoms with van der Waals surface area (Å²) in [6.07, 6.45) is 15.7. The van der Waals surface area contributed by atoms with Crippen LogP contribution in [0.2, 0.25) is 18.1 Å². The molecule has 0 aromatic carbocycles. The molecule has 1 spiro atoms. The Morgan fingerprint density at radius 1 is 0.912 bits per heavy atom. The molecule has 6 aliphatic carbocycles. The van der Waals surface area contributed by atoms with Crippen LogP contribution in [0.5, 0.6) is 0 Å². The zero-order valence-corrected chi connectivity index (χ0v) is 23.2. The van der Waals surface area contributed by atoms with E-state index in [0.717, 1.165) is 50.2 Å². The molecule has 7 fully saturated rings. The molecule has 5 atom stereocenters. The molecule has 1 aliphatic heterocycles. The van der Waals surface area contributed by atoms with Crippen molar-refractivity contribution in [2.75, 3.05) is 13.2 Å². The largest absolute Gasteiger partial charge is 0.413 e. The first-order chi connectivity index (χ1) is 16.0. The van der Waals surface area contributed by atoms with Crippen LogP contribution in [0.4, 0.5) is 0 Å². The molecule has 1 heterocycles. The van der Waals surface area contributed by atoms with Gasteiger partial charge in [-0.2, -0.15) is 0 Å². The SMILES string of the molecule is CC(C)(C)[Si](C)(C)O[C@@H]1C[C@H]2CC3(C[C@H]2[C@H]1C=C[C@H](O)C12CC4CC(CC(C4)C1)C2)OCCO3. The first-order valence-electron chi connectivity index (χ1n) is 14.3. The van der Waals surface area contributed by atoms with E-state index in [1.807, 2.05) is 0 Å². The highest BCUT2D eigenvalue weighted by Crippen LogP contribution is 2.62. The summed E-state index contributed by atoms with van der Waals surface area (Å²) in [7, 11) is -1.87. The van der Waals surface area contributed by atoms with Crippen molar-refractivity contribution in [2.24, 2.45) is 40.9 Å². The lowest BCUT2D eigenvalue weighted by Crippen LogP contribution is -2.51. The highest BCUT2D eigenvalue weighted by molar-refractivity contribution is 6.74. The summed E-state index contributed by atoms with van der Waals surface area (Å²) in [5.41, 5.74) is 0.146. The number of ether oxygens (including phenoxy) is 2. The van der Waals surface area contributed by atoms with Crippen LogP contribution in [0.15, 0.2) is 12.2 Å². The monoisotopic (exact) mass is 488 g/mol. The van der Waals surface area contributed by atoms with Gasteiger partial charge in [0.2, 0.25) is 0 Å². The van der Waals surface area contributed by atoms with E-state index in [2.05, 4.69) is 46.0 Å². The second-order valence-corrected chi connectivity index (χ2v) is 19.5. The van der Waals surface area contributed by atoms with Crippen molar-refractivity contribution in [1.29, 1.82) is 0 Å². The van der Waals surface area contributed by atoms with Crippen molar-refractivity contribution >= 4 is 8.32 Å². The predicted octanol–water partition coefficient (Wildman–Crippen LogP) is 6.30. The van der Waals surface area contributed by atoms with E-state index >= 15 is 0 Å². The van der Waals surface area contributed by atoms with Gasteiger partial charge in [0.1, 0.15) is 0 Å². The fourth-order valence-electron chi connectivity index (χ4n) is 9.26. The molecule has 5 heteroatoms. The maximum absolute atomic E-state index is 11.6. The number of hydrogen-bond donors (Lipinski definition) is 1. The van der Waals surface area contributed by atoms with Crippen LogP contribution in [-0.2, 0) is 13.9 Å². The molecule has 6 saturated carbocycles. The zero-order valence-electron chi connectivity index (χ0n) is 22.2. The second kappa shape index (κ2) is 8.15. The van der Waals surface area contributed by atoms with Crippen molar-refractivity contribution in [3.63, 3.8) is 0 Å². The summed E-state index contributed by atoms with van der Waals surface area (Å²) >= 11 is 0. The third-order valence-corrected chi connectivity index (χ3v) is 16.0. The molecular formula is C29H48O4Si. The Labute approximate surface area is 208 Å². The number of aliphatic hydroxyl groups excluding tert-OH is 1. The quantitative estimate of drug-likeness (QED) is 0.364. The van der Waals surface area contributed by atoms with Gasteiger partial charge in [-0.05, 0) is 92.7 Å². The van der Waals surface area contributed by atoms with Crippen LogP contribution >= 0.6 is 0 Å². The molecule has 34 heavy (non-hydrogen) atoms. The summed E-state index contributed by atoms with van der Waals surface area (Å²) < 4.78 is 19.3. The first-order valence-corrected chi connectivity index (χ1v) is 17.2. The summed E-state index contributed by atoms with van der Waals surface area (Å²) in [6, 6.07) is 0. The maximum Gasteiger partial charge on any atom is 0.192 e. The van der Waals surface area contributed by atoms with Gasteiger partial charge < -0.3 is 19.0 Å². The molecule has 192 valence electrons. The molecule has 0 aromatic rings. The van der Waals surface area contributed by atoms with E-state index in [4.69, 9.17) is 13.9 Å². The average molecular weight is 489 g/mol. The highest BCUT2D eigenvalue weighted by atomic mass is 28.4. The van der Waals surface area contributed by atoms with Crippen LogP contribution in [0.1, 0.15) is 78.6 Å². The van der Waals surface area contributed by atoms with E-state index < -0.39 is 8.32 Å².